The summed E-state index contributed by atoms with van der Waals surface area (Å²) in [5, 5.41) is 0. The Balaban J connectivity index is 2.45. The Labute approximate surface area is 90.4 Å². The molecule has 82 valence electrons. The molecule has 0 aromatic heterocycles. The number of rotatable bonds is 3. The molecule has 1 saturated heterocycles. The lowest BCUT2D eigenvalue weighted by Gasteiger charge is -2.31. The van der Waals surface area contributed by atoms with Gasteiger partial charge in [-0.15, -0.1) is 0 Å². The van der Waals surface area contributed by atoms with E-state index in [1.807, 2.05) is 6.92 Å². The zero-order valence-electron chi connectivity index (χ0n) is 8.27. The van der Waals surface area contributed by atoms with E-state index in [2.05, 4.69) is 4.90 Å². The highest BCUT2D eigenvalue weighted by atomic mass is 32.2. The quantitative estimate of drug-likeness (QED) is 0.687. The Bertz CT molecular complexity index is 299. The second kappa shape index (κ2) is 4.55. The molecule has 0 aliphatic carbocycles. The van der Waals surface area contributed by atoms with Gasteiger partial charge in [-0.25, -0.2) is 8.42 Å². The summed E-state index contributed by atoms with van der Waals surface area (Å²) in [5.74, 6) is 0.517. The molecule has 0 aromatic rings. The van der Waals surface area contributed by atoms with E-state index in [4.69, 9.17) is 18.0 Å². The van der Waals surface area contributed by atoms with E-state index in [1.54, 1.807) is 0 Å². The van der Waals surface area contributed by atoms with E-state index < -0.39 is 9.84 Å². The molecular formula is C8H16N2O2S2. The molecular weight excluding hydrogens is 220 g/mol. The van der Waals surface area contributed by atoms with Crippen LogP contribution in [0.1, 0.15) is 13.3 Å². The van der Waals surface area contributed by atoms with Gasteiger partial charge < -0.3 is 5.73 Å². The van der Waals surface area contributed by atoms with Crippen LogP contribution in [0.2, 0.25) is 0 Å². The van der Waals surface area contributed by atoms with Gasteiger partial charge in [-0.1, -0.05) is 12.2 Å². The number of nitrogens with two attached hydrogens (primary N) is 1. The SMILES string of the molecule is CC(CC(N)=S)N1CCS(=O)(=O)CC1. The minimum absolute atomic E-state index is 0.253. The molecule has 1 unspecified atom stereocenters. The molecule has 14 heavy (non-hydrogen) atoms. The third-order valence-corrected chi connectivity index (χ3v) is 4.27. The number of nitrogens with zero attached hydrogens (tertiary/aromatic N) is 1. The second-order valence-electron chi connectivity index (χ2n) is 3.71. The van der Waals surface area contributed by atoms with Gasteiger partial charge in [0.15, 0.2) is 9.84 Å². The van der Waals surface area contributed by atoms with Gasteiger partial charge >= 0.3 is 0 Å². The largest absolute Gasteiger partial charge is 0.393 e. The van der Waals surface area contributed by atoms with Gasteiger partial charge in [0.2, 0.25) is 0 Å². The Morgan fingerprint density at radius 3 is 2.43 bits per heavy atom. The van der Waals surface area contributed by atoms with Crippen LogP contribution in [0.5, 0.6) is 0 Å². The minimum Gasteiger partial charge on any atom is -0.393 e. The van der Waals surface area contributed by atoms with E-state index in [0.29, 0.717) is 24.5 Å². The van der Waals surface area contributed by atoms with Crippen molar-refractivity contribution in [3.05, 3.63) is 0 Å². The van der Waals surface area contributed by atoms with Crippen LogP contribution in [0.4, 0.5) is 0 Å². The van der Waals surface area contributed by atoms with Crippen LogP contribution in [-0.4, -0.2) is 48.9 Å². The maximum atomic E-state index is 11.2. The average Bonchev–Trinajstić information content (AvgIpc) is 2.02. The van der Waals surface area contributed by atoms with Gasteiger partial charge in [0.05, 0.1) is 16.5 Å². The van der Waals surface area contributed by atoms with Gasteiger partial charge in [0, 0.05) is 25.6 Å². The molecule has 0 radical (unpaired) electrons. The fourth-order valence-electron chi connectivity index (χ4n) is 1.59. The highest BCUT2D eigenvalue weighted by Crippen LogP contribution is 2.10. The minimum atomic E-state index is -2.78. The summed E-state index contributed by atoms with van der Waals surface area (Å²) >= 11 is 4.82. The van der Waals surface area contributed by atoms with Gasteiger partial charge in [-0.05, 0) is 6.92 Å². The van der Waals surface area contributed by atoms with Crippen molar-refractivity contribution in [3.63, 3.8) is 0 Å². The van der Waals surface area contributed by atoms with Crippen molar-refractivity contribution in [2.24, 2.45) is 5.73 Å². The van der Waals surface area contributed by atoms with Crippen molar-refractivity contribution in [1.82, 2.24) is 4.90 Å². The first kappa shape index (κ1) is 11.9. The lowest BCUT2D eigenvalue weighted by Crippen LogP contribution is -2.45. The van der Waals surface area contributed by atoms with Gasteiger partial charge in [0.1, 0.15) is 0 Å². The van der Waals surface area contributed by atoms with Crippen LogP contribution < -0.4 is 5.73 Å². The first-order chi connectivity index (χ1) is 6.41. The van der Waals surface area contributed by atoms with Crippen molar-refractivity contribution in [2.45, 2.75) is 19.4 Å². The summed E-state index contributed by atoms with van der Waals surface area (Å²) in [6, 6.07) is 0.253. The third-order valence-electron chi connectivity index (χ3n) is 2.50. The predicted octanol–water partition coefficient (Wildman–Crippen LogP) is -0.218. The van der Waals surface area contributed by atoms with Crippen molar-refractivity contribution in [3.8, 4) is 0 Å². The standard InChI is InChI=1S/C8H16N2O2S2/c1-7(6-8(9)13)10-2-4-14(11,12)5-3-10/h7H,2-6H2,1H3,(H2,9,13). The molecule has 0 aromatic carbocycles. The molecule has 0 spiro atoms. The molecule has 1 aliphatic heterocycles. The molecule has 1 rings (SSSR count). The maximum Gasteiger partial charge on any atom is 0.152 e. The lowest BCUT2D eigenvalue weighted by atomic mass is 10.2. The first-order valence-corrected chi connectivity index (χ1v) is 6.86. The highest BCUT2D eigenvalue weighted by molar-refractivity contribution is 7.91. The van der Waals surface area contributed by atoms with Crippen LogP contribution in [0, 0.1) is 0 Å². The molecule has 1 aliphatic rings. The normalized spacial score (nSPS) is 24.4. The Kier molecular flexibility index (Phi) is 3.86. The van der Waals surface area contributed by atoms with Crippen molar-refractivity contribution in [2.75, 3.05) is 24.6 Å². The topological polar surface area (TPSA) is 63.4 Å². The molecule has 0 amide bonds. The van der Waals surface area contributed by atoms with E-state index in [-0.39, 0.29) is 17.5 Å². The van der Waals surface area contributed by atoms with E-state index >= 15 is 0 Å². The number of hydrogen-bond acceptors (Lipinski definition) is 4. The van der Waals surface area contributed by atoms with Crippen LogP contribution in [-0.2, 0) is 9.84 Å². The average molecular weight is 236 g/mol. The predicted molar refractivity (Wildman–Crippen MR) is 61.1 cm³/mol. The van der Waals surface area contributed by atoms with Crippen LogP contribution in [0.3, 0.4) is 0 Å². The monoisotopic (exact) mass is 236 g/mol. The summed E-state index contributed by atoms with van der Waals surface area (Å²) in [7, 11) is -2.78. The lowest BCUT2D eigenvalue weighted by molar-refractivity contribution is 0.231. The molecule has 0 bridgehead atoms. The molecule has 2 N–H and O–H groups in total. The Morgan fingerprint density at radius 1 is 1.50 bits per heavy atom. The fourth-order valence-corrected chi connectivity index (χ4v) is 3.06. The number of thiocarbonyl (C=S) groups is 1. The highest BCUT2D eigenvalue weighted by Gasteiger charge is 2.24. The van der Waals surface area contributed by atoms with E-state index in [1.165, 1.54) is 0 Å². The second-order valence-corrected chi connectivity index (χ2v) is 6.54. The Hall–Kier alpha value is -0.200. The first-order valence-electron chi connectivity index (χ1n) is 4.63. The molecule has 1 atom stereocenters. The fraction of sp³-hybridized carbons (Fsp3) is 0.875. The summed E-state index contributed by atoms with van der Waals surface area (Å²) in [5.41, 5.74) is 5.44. The summed E-state index contributed by atoms with van der Waals surface area (Å²) in [6.45, 7) is 3.23. The smallest absolute Gasteiger partial charge is 0.152 e. The van der Waals surface area contributed by atoms with Crippen molar-refractivity contribution < 1.29 is 8.42 Å². The molecule has 1 heterocycles. The number of sulfone groups is 1. The summed E-state index contributed by atoms with van der Waals surface area (Å²) in [4.78, 5) is 2.62. The zero-order chi connectivity index (χ0) is 10.8. The van der Waals surface area contributed by atoms with Crippen molar-refractivity contribution >= 4 is 27.0 Å². The third kappa shape index (κ3) is 3.51. The molecule has 4 nitrogen and oxygen atoms in total. The molecule has 6 heteroatoms. The summed E-state index contributed by atoms with van der Waals surface area (Å²) < 4.78 is 22.3. The van der Waals surface area contributed by atoms with E-state index in [9.17, 15) is 8.42 Å². The summed E-state index contributed by atoms with van der Waals surface area (Å²) in [6.07, 6.45) is 0.662. The molecule has 1 fully saturated rings. The zero-order valence-corrected chi connectivity index (χ0v) is 9.90. The van der Waals surface area contributed by atoms with Gasteiger partial charge in [-0.3, -0.25) is 4.90 Å². The maximum absolute atomic E-state index is 11.2. The van der Waals surface area contributed by atoms with Gasteiger partial charge in [-0.2, -0.15) is 0 Å². The number of hydrogen-bond donors (Lipinski definition) is 1. The van der Waals surface area contributed by atoms with Crippen LogP contribution in [0.15, 0.2) is 0 Å². The van der Waals surface area contributed by atoms with E-state index in [0.717, 1.165) is 0 Å². The van der Waals surface area contributed by atoms with Crippen molar-refractivity contribution in [1.29, 1.82) is 0 Å². The van der Waals surface area contributed by atoms with Gasteiger partial charge in [0.25, 0.3) is 0 Å². The Morgan fingerprint density at radius 2 is 2.00 bits per heavy atom. The van der Waals surface area contributed by atoms with Crippen LogP contribution >= 0.6 is 12.2 Å². The molecule has 0 saturated carbocycles. The van der Waals surface area contributed by atoms with Crippen LogP contribution in [0.25, 0.3) is 0 Å².